The van der Waals surface area contributed by atoms with E-state index in [9.17, 15) is 0 Å². The fourth-order valence-electron chi connectivity index (χ4n) is 11.8. The smallest absolute Gasteiger partial charge is 0.0705 e. The van der Waals surface area contributed by atoms with Gasteiger partial charge in [0, 0.05) is 47.1 Å². The summed E-state index contributed by atoms with van der Waals surface area (Å²) < 4.78 is 0. The van der Waals surface area contributed by atoms with Gasteiger partial charge in [-0.05, 0) is 149 Å². The second kappa shape index (κ2) is 18.2. The molecule has 346 valence electrons. The molecule has 0 radical (unpaired) electrons. The maximum Gasteiger partial charge on any atom is 0.0705 e. The zero-order valence-electron chi connectivity index (χ0n) is 40.5. The van der Waals surface area contributed by atoms with Crippen LogP contribution in [0.5, 0.6) is 0 Å². The summed E-state index contributed by atoms with van der Waals surface area (Å²) in [4.78, 5) is 14.4. The molecule has 3 aliphatic rings. The topological polar surface area (TPSA) is 38.7 Å². The molecule has 12 aromatic rings. The van der Waals surface area contributed by atoms with Crippen molar-refractivity contribution in [3.8, 4) is 101 Å². The molecule has 0 N–H and O–H groups in total. The van der Waals surface area contributed by atoms with Crippen molar-refractivity contribution < 1.29 is 0 Å². The SMILES string of the molecule is c1ccc(-c2ccc(-c3ccccc3-c3cc(-c4ccccc4-c4ccc(-c5ccccn5)cc4)cc(-c4ccccc4-c4ccc(-c5cc6c(cn5)C5c7ccccc7C6c6ccccc65)cc4)c3)cc2)nc1. The summed E-state index contributed by atoms with van der Waals surface area (Å²) in [6.07, 6.45) is 5.84. The summed E-state index contributed by atoms with van der Waals surface area (Å²) in [5.74, 6) is 0.405. The molecule has 3 heterocycles. The molecule has 0 unspecified atom stereocenters. The minimum Gasteiger partial charge on any atom is -0.256 e. The van der Waals surface area contributed by atoms with Gasteiger partial charge in [0.2, 0.25) is 0 Å². The first kappa shape index (κ1) is 43.2. The minimum absolute atomic E-state index is 0.199. The van der Waals surface area contributed by atoms with Crippen molar-refractivity contribution in [2.75, 3.05) is 0 Å². The van der Waals surface area contributed by atoms with Crippen LogP contribution in [0.15, 0.2) is 273 Å². The van der Waals surface area contributed by atoms with Gasteiger partial charge in [-0.15, -0.1) is 0 Å². The third-order valence-corrected chi connectivity index (χ3v) is 15.3. The van der Waals surface area contributed by atoms with Gasteiger partial charge in [-0.1, -0.05) is 206 Å². The van der Waals surface area contributed by atoms with E-state index < -0.39 is 0 Å². The fraction of sp³-hybridized carbons (Fsp3) is 0.0282. The molecule has 3 heteroatoms. The Morgan fingerprint density at radius 2 is 0.500 bits per heavy atom. The Labute approximate surface area is 431 Å². The molecule has 0 saturated heterocycles. The van der Waals surface area contributed by atoms with Crippen LogP contribution in [0, 0.1) is 0 Å². The third-order valence-electron chi connectivity index (χ3n) is 15.3. The summed E-state index contributed by atoms with van der Waals surface area (Å²) in [5.41, 5.74) is 28.4. The maximum absolute atomic E-state index is 5.16. The van der Waals surface area contributed by atoms with Crippen molar-refractivity contribution in [1.82, 2.24) is 15.0 Å². The van der Waals surface area contributed by atoms with Gasteiger partial charge in [0.15, 0.2) is 0 Å². The normalized spacial score (nSPS) is 13.9. The van der Waals surface area contributed by atoms with Crippen molar-refractivity contribution in [3.63, 3.8) is 0 Å². The maximum atomic E-state index is 5.16. The lowest BCUT2D eigenvalue weighted by Crippen LogP contribution is -2.27. The summed E-state index contributed by atoms with van der Waals surface area (Å²) >= 11 is 0. The van der Waals surface area contributed by atoms with E-state index in [0.29, 0.717) is 0 Å². The Morgan fingerprint density at radius 1 is 0.203 bits per heavy atom. The van der Waals surface area contributed by atoms with Crippen molar-refractivity contribution in [3.05, 3.63) is 307 Å². The highest BCUT2D eigenvalue weighted by Crippen LogP contribution is 2.56. The van der Waals surface area contributed by atoms with E-state index in [1.54, 1.807) is 0 Å². The molecule has 74 heavy (non-hydrogen) atoms. The zero-order chi connectivity index (χ0) is 49.0. The van der Waals surface area contributed by atoms with E-state index in [1.165, 1.54) is 50.1 Å². The molecule has 9 aromatic carbocycles. The molecule has 0 spiro atoms. The zero-order valence-corrected chi connectivity index (χ0v) is 40.5. The van der Waals surface area contributed by atoms with Gasteiger partial charge in [0.1, 0.15) is 0 Å². The van der Waals surface area contributed by atoms with E-state index in [0.717, 1.165) is 83.8 Å². The van der Waals surface area contributed by atoms with Crippen LogP contribution in [0.4, 0.5) is 0 Å². The molecular formula is C71H47N3. The summed E-state index contributed by atoms with van der Waals surface area (Å²) in [6.45, 7) is 0. The van der Waals surface area contributed by atoms with Crippen molar-refractivity contribution in [2.24, 2.45) is 0 Å². The Balaban J connectivity index is 0.866. The van der Waals surface area contributed by atoms with Gasteiger partial charge >= 0.3 is 0 Å². The van der Waals surface area contributed by atoms with Gasteiger partial charge < -0.3 is 0 Å². The highest BCUT2D eigenvalue weighted by Gasteiger charge is 2.41. The first-order valence-corrected chi connectivity index (χ1v) is 25.5. The predicted octanol–water partition coefficient (Wildman–Crippen LogP) is 17.9. The first-order chi connectivity index (χ1) is 36.7. The largest absolute Gasteiger partial charge is 0.256 e. The van der Waals surface area contributed by atoms with Crippen LogP contribution in [0.2, 0.25) is 0 Å². The third kappa shape index (κ3) is 7.57. The molecule has 3 nitrogen and oxygen atoms in total. The van der Waals surface area contributed by atoms with E-state index in [2.05, 4.69) is 247 Å². The predicted molar refractivity (Wildman–Crippen MR) is 304 cm³/mol. The van der Waals surface area contributed by atoms with Crippen LogP contribution in [-0.2, 0) is 0 Å². The van der Waals surface area contributed by atoms with Gasteiger partial charge in [-0.3, -0.25) is 15.0 Å². The minimum atomic E-state index is 0.199. The molecule has 0 amide bonds. The quantitative estimate of drug-likeness (QED) is 0.145. The molecule has 0 atom stereocenters. The van der Waals surface area contributed by atoms with Crippen molar-refractivity contribution in [1.29, 1.82) is 0 Å². The fourth-order valence-corrected chi connectivity index (χ4v) is 11.8. The molecule has 0 saturated carbocycles. The number of aromatic nitrogens is 3. The number of hydrogen-bond donors (Lipinski definition) is 0. The van der Waals surface area contributed by atoms with Gasteiger partial charge in [0.05, 0.1) is 17.1 Å². The van der Waals surface area contributed by atoms with E-state index in [4.69, 9.17) is 4.98 Å². The van der Waals surface area contributed by atoms with Crippen molar-refractivity contribution in [2.45, 2.75) is 11.8 Å². The second-order valence-electron chi connectivity index (χ2n) is 19.4. The standard InChI is InChI=1S/C71H47N3/c1-4-18-58(55(15-1)46-27-33-49(34-28-46)67-25-11-13-39-72-67)52-41-53(59-19-5-2-16-56(59)47-29-35-50(36-30-47)68-26-12-14-40-73-68)43-54(42-52)60-20-6-3-17-57(60)48-31-37-51(38-32-48)69-44-65-66(45-74-69)71-63-23-9-7-21-61(63)70(65)62-22-8-10-24-64(62)71/h1-45,70-71H. The first-order valence-electron chi connectivity index (χ1n) is 25.5. The molecule has 0 aliphatic heterocycles. The lowest BCUT2D eigenvalue weighted by molar-refractivity contribution is 0.749. The van der Waals surface area contributed by atoms with Crippen LogP contribution in [-0.4, -0.2) is 15.0 Å². The average molecular weight is 942 g/mol. The van der Waals surface area contributed by atoms with Gasteiger partial charge in [0.25, 0.3) is 0 Å². The Morgan fingerprint density at radius 3 is 0.851 bits per heavy atom. The van der Waals surface area contributed by atoms with Gasteiger partial charge in [-0.25, -0.2) is 0 Å². The van der Waals surface area contributed by atoms with E-state index in [1.807, 2.05) is 36.7 Å². The average Bonchev–Trinajstić information content (AvgIpc) is 3.50. The molecule has 2 bridgehead atoms. The van der Waals surface area contributed by atoms with Crippen LogP contribution >= 0.6 is 0 Å². The number of nitrogens with zero attached hydrogens (tertiary/aromatic N) is 3. The molecule has 15 rings (SSSR count). The van der Waals surface area contributed by atoms with E-state index >= 15 is 0 Å². The number of hydrogen-bond acceptors (Lipinski definition) is 3. The van der Waals surface area contributed by atoms with Crippen LogP contribution in [0.25, 0.3) is 101 Å². The Bertz CT molecular complexity index is 3860. The molecule has 3 aromatic heterocycles. The highest BCUT2D eigenvalue weighted by molar-refractivity contribution is 5.94. The monoisotopic (exact) mass is 941 g/mol. The Hall–Kier alpha value is -9.57. The molecule has 0 fully saturated rings. The highest BCUT2D eigenvalue weighted by atomic mass is 14.7. The van der Waals surface area contributed by atoms with Crippen LogP contribution in [0.1, 0.15) is 45.2 Å². The number of pyridine rings is 3. The van der Waals surface area contributed by atoms with Crippen LogP contribution < -0.4 is 0 Å². The Kier molecular flexibility index (Phi) is 10.7. The number of rotatable bonds is 9. The van der Waals surface area contributed by atoms with Gasteiger partial charge in [-0.2, -0.15) is 0 Å². The van der Waals surface area contributed by atoms with Crippen LogP contribution in [0.3, 0.4) is 0 Å². The summed E-state index contributed by atoms with van der Waals surface area (Å²) in [5, 5.41) is 0. The molecule has 3 aliphatic carbocycles. The number of benzene rings is 9. The molecular weight excluding hydrogens is 895 g/mol. The van der Waals surface area contributed by atoms with E-state index in [-0.39, 0.29) is 11.8 Å². The summed E-state index contributed by atoms with van der Waals surface area (Å²) in [7, 11) is 0. The lowest BCUT2D eigenvalue weighted by atomic mass is 9.61. The lowest BCUT2D eigenvalue weighted by Gasteiger charge is -2.42. The summed E-state index contributed by atoms with van der Waals surface area (Å²) in [6, 6.07) is 92.6. The van der Waals surface area contributed by atoms with Crippen molar-refractivity contribution >= 4 is 0 Å². The second-order valence-corrected chi connectivity index (χ2v) is 19.4.